The standard InChI is InChI=1S/C20H22N4O2.ClH/c1-13(2)14-3-5-15(6-4-14)18(21)11-22-20(25)17-9-7-16(8-10-17)19-23-12-26-24-19;/h3-10,12-13,18H,11,21H2,1-2H3,(H,22,25);1H. The summed E-state index contributed by atoms with van der Waals surface area (Å²) in [7, 11) is 0. The lowest BCUT2D eigenvalue weighted by Crippen LogP contribution is -2.31. The molecule has 1 heterocycles. The van der Waals surface area contributed by atoms with Crippen LogP contribution in [0.1, 0.15) is 47.3 Å². The SMILES string of the molecule is CC(C)c1ccc(C(N)CNC(=O)c2ccc(-c3ncon3)cc2)cc1.Cl. The Morgan fingerprint density at radius 1 is 1.07 bits per heavy atom. The van der Waals surface area contributed by atoms with Crippen LogP contribution in [0.3, 0.4) is 0 Å². The van der Waals surface area contributed by atoms with Gasteiger partial charge in [0.2, 0.25) is 12.2 Å². The number of rotatable bonds is 6. The predicted octanol–water partition coefficient (Wildman–Crippen LogP) is 3.71. The number of nitrogens with one attached hydrogen (secondary N) is 1. The summed E-state index contributed by atoms with van der Waals surface area (Å²) in [5.41, 5.74) is 9.81. The fraction of sp³-hybridized carbons (Fsp3) is 0.250. The van der Waals surface area contributed by atoms with Crippen LogP contribution in [0.5, 0.6) is 0 Å². The summed E-state index contributed by atoms with van der Waals surface area (Å²) in [6.07, 6.45) is 1.27. The van der Waals surface area contributed by atoms with Crippen molar-refractivity contribution in [2.75, 3.05) is 6.54 Å². The van der Waals surface area contributed by atoms with E-state index in [0.29, 0.717) is 23.9 Å². The Morgan fingerprint density at radius 2 is 1.70 bits per heavy atom. The number of benzene rings is 2. The van der Waals surface area contributed by atoms with Gasteiger partial charge in [0.1, 0.15) is 0 Å². The van der Waals surface area contributed by atoms with Crippen LogP contribution >= 0.6 is 12.4 Å². The minimum absolute atomic E-state index is 0. The van der Waals surface area contributed by atoms with Crippen LogP contribution in [0.2, 0.25) is 0 Å². The van der Waals surface area contributed by atoms with Crippen molar-refractivity contribution in [2.45, 2.75) is 25.8 Å². The molecule has 0 aliphatic heterocycles. The first-order valence-electron chi connectivity index (χ1n) is 8.55. The van der Waals surface area contributed by atoms with Gasteiger partial charge in [-0.2, -0.15) is 4.98 Å². The zero-order valence-corrected chi connectivity index (χ0v) is 16.1. The summed E-state index contributed by atoms with van der Waals surface area (Å²) in [6.45, 7) is 4.67. The van der Waals surface area contributed by atoms with Crippen molar-refractivity contribution in [3.8, 4) is 11.4 Å². The highest BCUT2D eigenvalue weighted by molar-refractivity contribution is 5.94. The van der Waals surface area contributed by atoms with Gasteiger partial charge in [-0.05, 0) is 29.2 Å². The fourth-order valence-electron chi connectivity index (χ4n) is 2.62. The molecule has 1 aromatic heterocycles. The highest BCUT2D eigenvalue weighted by atomic mass is 35.5. The molecule has 0 saturated carbocycles. The highest BCUT2D eigenvalue weighted by Crippen LogP contribution is 2.18. The summed E-state index contributed by atoms with van der Waals surface area (Å²) >= 11 is 0. The van der Waals surface area contributed by atoms with E-state index in [1.165, 1.54) is 12.0 Å². The fourth-order valence-corrected chi connectivity index (χ4v) is 2.62. The lowest BCUT2D eigenvalue weighted by Gasteiger charge is -2.14. The Balaban J connectivity index is 0.00000261. The molecule has 3 rings (SSSR count). The molecule has 0 saturated heterocycles. The molecule has 3 N–H and O–H groups in total. The Kier molecular flexibility index (Phi) is 7.10. The zero-order chi connectivity index (χ0) is 18.5. The number of nitrogens with zero attached hydrogens (tertiary/aromatic N) is 2. The average Bonchev–Trinajstić information content (AvgIpc) is 3.21. The summed E-state index contributed by atoms with van der Waals surface area (Å²) in [5, 5.41) is 6.64. The average molecular weight is 387 g/mol. The van der Waals surface area contributed by atoms with E-state index in [4.69, 9.17) is 10.3 Å². The van der Waals surface area contributed by atoms with Crippen LogP contribution in [-0.2, 0) is 0 Å². The van der Waals surface area contributed by atoms with Crippen LogP contribution in [0, 0.1) is 0 Å². The number of nitrogens with two attached hydrogens (primary N) is 1. The molecule has 27 heavy (non-hydrogen) atoms. The third-order valence-electron chi connectivity index (χ3n) is 4.28. The molecular formula is C20H23ClN4O2. The van der Waals surface area contributed by atoms with E-state index in [9.17, 15) is 4.79 Å². The van der Waals surface area contributed by atoms with Gasteiger partial charge in [-0.25, -0.2) is 0 Å². The van der Waals surface area contributed by atoms with E-state index < -0.39 is 0 Å². The quantitative estimate of drug-likeness (QED) is 0.673. The molecule has 0 fully saturated rings. The van der Waals surface area contributed by atoms with Gasteiger partial charge in [0.05, 0.1) is 0 Å². The molecular weight excluding hydrogens is 364 g/mol. The first-order chi connectivity index (χ1) is 12.5. The zero-order valence-electron chi connectivity index (χ0n) is 15.3. The molecule has 1 unspecified atom stereocenters. The number of hydrogen-bond acceptors (Lipinski definition) is 5. The molecule has 3 aromatic rings. The third-order valence-corrected chi connectivity index (χ3v) is 4.28. The number of carbonyl (C=O) groups is 1. The van der Waals surface area contributed by atoms with Crippen LogP contribution < -0.4 is 11.1 Å². The maximum atomic E-state index is 12.3. The molecule has 1 amide bonds. The molecule has 7 heteroatoms. The number of aromatic nitrogens is 2. The highest BCUT2D eigenvalue weighted by Gasteiger charge is 2.11. The van der Waals surface area contributed by atoms with Gasteiger partial charge in [0.25, 0.3) is 5.91 Å². The third kappa shape index (κ3) is 5.15. The monoisotopic (exact) mass is 386 g/mol. The van der Waals surface area contributed by atoms with Gasteiger partial charge in [0.15, 0.2) is 0 Å². The number of carbonyl (C=O) groups excluding carboxylic acids is 1. The van der Waals surface area contributed by atoms with E-state index in [1.54, 1.807) is 24.3 Å². The van der Waals surface area contributed by atoms with Gasteiger partial charge in [-0.3, -0.25) is 4.79 Å². The lowest BCUT2D eigenvalue weighted by molar-refractivity contribution is 0.0951. The van der Waals surface area contributed by atoms with Crippen molar-refractivity contribution in [2.24, 2.45) is 5.73 Å². The molecule has 2 aromatic carbocycles. The summed E-state index contributed by atoms with van der Waals surface area (Å²) in [4.78, 5) is 16.3. The molecule has 0 spiro atoms. The molecule has 0 aliphatic carbocycles. The van der Waals surface area contributed by atoms with Gasteiger partial charge in [-0.15, -0.1) is 12.4 Å². The summed E-state index contributed by atoms with van der Waals surface area (Å²) in [5.74, 6) is 0.804. The van der Waals surface area contributed by atoms with Crippen LogP contribution in [0.25, 0.3) is 11.4 Å². The maximum Gasteiger partial charge on any atom is 0.251 e. The summed E-state index contributed by atoms with van der Waals surface area (Å²) in [6, 6.07) is 15.0. The topological polar surface area (TPSA) is 94.0 Å². The second kappa shape index (κ2) is 9.30. The van der Waals surface area contributed by atoms with E-state index >= 15 is 0 Å². The first-order valence-corrected chi connectivity index (χ1v) is 8.55. The molecule has 0 aliphatic rings. The van der Waals surface area contributed by atoms with E-state index in [1.807, 2.05) is 12.1 Å². The van der Waals surface area contributed by atoms with Crippen molar-refractivity contribution in [3.05, 3.63) is 71.6 Å². The smallest absolute Gasteiger partial charge is 0.251 e. The number of halogens is 1. The van der Waals surface area contributed by atoms with Gasteiger partial charge >= 0.3 is 0 Å². The van der Waals surface area contributed by atoms with Crippen LogP contribution in [0.15, 0.2) is 59.4 Å². The van der Waals surface area contributed by atoms with Crippen molar-refractivity contribution in [1.82, 2.24) is 15.5 Å². The molecule has 6 nitrogen and oxygen atoms in total. The van der Waals surface area contributed by atoms with Crippen LogP contribution in [0.4, 0.5) is 0 Å². The van der Waals surface area contributed by atoms with E-state index in [2.05, 4.69) is 41.4 Å². The molecule has 1 atom stereocenters. The predicted molar refractivity (Wildman–Crippen MR) is 107 cm³/mol. The van der Waals surface area contributed by atoms with Crippen molar-refractivity contribution >= 4 is 18.3 Å². The molecule has 0 bridgehead atoms. The normalized spacial score (nSPS) is 11.7. The van der Waals surface area contributed by atoms with Crippen molar-refractivity contribution in [3.63, 3.8) is 0 Å². The van der Waals surface area contributed by atoms with Crippen LogP contribution in [-0.4, -0.2) is 22.6 Å². The Bertz CT molecular complexity index is 847. The molecule has 142 valence electrons. The van der Waals surface area contributed by atoms with E-state index in [-0.39, 0.29) is 24.4 Å². The molecule has 0 radical (unpaired) electrons. The summed E-state index contributed by atoms with van der Waals surface area (Å²) < 4.78 is 4.72. The Morgan fingerprint density at radius 3 is 2.26 bits per heavy atom. The van der Waals surface area contributed by atoms with Gasteiger partial charge < -0.3 is 15.6 Å². The van der Waals surface area contributed by atoms with E-state index in [0.717, 1.165) is 11.1 Å². The van der Waals surface area contributed by atoms with Crippen molar-refractivity contribution in [1.29, 1.82) is 0 Å². The van der Waals surface area contributed by atoms with Crippen molar-refractivity contribution < 1.29 is 9.32 Å². The number of amides is 1. The Labute approximate surface area is 164 Å². The first kappa shape index (κ1) is 20.6. The van der Waals surface area contributed by atoms with Gasteiger partial charge in [0, 0.05) is 23.7 Å². The maximum absolute atomic E-state index is 12.3. The minimum Gasteiger partial charge on any atom is -0.350 e. The lowest BCUT2D eigenvalue weighted by atomic mass is 9.99. The van der Waals surface area contributed by atoms with Gasteiger partial charge in [-0.1, -0.05) is 55.4 Å². The number of hydrogen-bond donors (Lipinski definition) is 2. The Hall–Kier alpha value is -2.70. The second-order valence-corrected chi connectivity index (χ2v) is 6.47. The largest absolute Gasteiger partial charge is 0.350 e. The second-order valence-electron chi connectivity index (χ2n) is 6.47. The minimum atomic E-state index is -0.251.